The number of rotatable bonds is 7. The van der Waals surface area contributed by atoms with Gasteiger partial charge in [-0.2, -0.15) is 4.31 Å². The Morgan fingerprint density at radius 3 is 2.23 bits per heavy atom. The number of esters is 1. The predicted octanol–water partition coefficient (Wildman–Crippen LogP) is 3.91. The van der Waals surface area contributed by atoms with Crippen molar-refractivity contribution in [1.82, 2.24) is 4.31 Å². The maximum atomic E-state index is 12.9. The van der Waals surface area contributed by atoms with Gasteiger partial charge in [-0.15, -0.1) is 0 Å². The third-order valence-corrected chi connectivity index (χ3v) is 7.30. The highest BCUT2D eigenvalue weighted by atomic mass is 32.2. The highest BCUT2D eigenvalue weighted by molar-refractivity contribution is 7.89. The summed E-state index contributed by atoms with van der Waals surface area (Å²) in [6.45, 7) is -0.0404. The molecule has 3 rings (SSSR count). The van der Waals surface area contributed by atoms with Crippen molar-refractivity contribution in [1.29, 1.82) is 0 Å². The largest absolute Gasteiger partial charge is 0.457 e. The Morgan fingerprint density at radius 2 is 1.67 bits per heavy atom. The summed E-state index contributed by atoms with van der Waals surface area (Å²) >= 11 is 0. The quantitative estimate of drug-likeness (QED) is 0.373. The second kappa shape index (κ2) is 9.36. The number of carbonyl (C=O) groups is 1. The molecule has 0 aromatic heterocycles. The molecule has 0 radical (unpaired) electrons. The van der Waals surface area contributed by atoms with Gasteiger partial charge in [-0.3, -0.25) is 10.1 Å². The fourth-order valence-corrected chi connectivity index (χ4v) is 4.93. The van der Waals surface area contributed by atoms with Crippen LogP contribution in [0.25, 0.3) is 0 Å². The third kappa shape index (κ3) is 5.03. The topological polar surface area (TPSA) is 107 Å². The maximum Gasteiger partial charge on any atom is 0.338 e. The molecule has 0 unspecified atom stereocenters. The Labute approximate surface area is 175 Å². The number of carbonyl (C=O) groups excluding carboxylic acids is 1. The van der Waals surface area contributed by atoms with Crippen molar-refractivity contribution in [2.45, 2.75) is 49.6 Å². The summed E-state index contributed by atoms with van der Waals surface area (Å²) in [5.41, 5.74) is 0.804. The summed E-state index contributed by atoms with van der Waals surface area (Å²) in [5.74, 6) is -0.599. The monoisotopic (exact) mass is 432 g/mol. The van der Waals surface area contributed by atoms with E-state index in [0.717, 1.165) is 32.1 Å². The van der Waals surface area contributed by atoms with E-state index in [1.165, 1.54) is 52.8 Å². The van der Waals surface area contributed by atoms with Gasteiger partial charge in [0.1, 0.15) is 6.61 Å². The summed E-state index contributed by atoms with van der Waals surface area (Å²) in [6.07, 6.45) is 4.93. The molecule has 30 heavy (non-hydrogen) atoms. The molecule has 2 aromatic carbocycles. The number of sulfonamides is 1. The molecule has 0 spiro atoms. The molecule has 0 amide bonds. The summed E-state index contributed by atoms with van der Waals surface area (Å²) in [4.78, 5) is 22.6. The standard InChI is InChI=1S/C21H24N2O6S/c1-22(18-5-3-2-4-6-18)30(27,28)20-13-9-17(10-14-20)21(24)29-15-16-7-11-19(12-8-16)23(25)26/h7-14,18H,2-6,15H2,1H3. The summed E-state index contributed by atoms with van der Waals surface area (Å²) < 4.78 is 32.4. The zero-order valence-corrected chi connectivity index (χ0v) is 17.5. The van der Waals surface area contributed by atoms with E-state index in [9.17, 15) is 23.3 Å². The van der Waals surface area contributed by atoms with Crippen LogP contribution in [0.4, 0.5) is 5.69 Å². The number of benzene rings is 2. The van der Waals surface area contributed by atoms with Gasteiger partial charge in [0.25, 0.3) is 5.69 Å². The van der Waals surface area contributed by atoms with Gasteiger partial charge in [-0.05, 0) is 54.8 Å². The zero-order valence-electron chi connectivity index (χ0n) is 16.7. The first-order valence-corrected chi connectivity index (χ1v) is 11.2. The number of hydrogen-bond donors (Lipinski definition) is 0. The molecule has 0 atom stereocenters. The fraction of sp³-hybridized carbons (Fsp3) is 0.381. The second-order valence-corrected chi connectivity index (χ2v) is 9.33. The molecule has 0 heterocycles. The van der Waals surface area contributed by atoms with Crippen molar-refractivity contribution in [2.75, 3.05) is 7.05 Å². The number of ether oxygens (including phenoxy) is 1. The number of hydrogen-bond acceptors (Lipinski definition) is 6. The summed E-state index contributed by atoms with van der Waals surface area (Å²) in [7, 11) is -2.01. The Balaban J connectivity index is 1.62. The Kier molecular flexibility index (Phi) is 6.84. The Morgan fingerprint density at radius 1 is 1.07 bits per heavy atom. The van der Waals surface area contributed by atoms with Gasteiger partial charge >= 0.3 is 5.97 Å². The third-order valence-electron chi connectivity index (χ3n) is 5.37. The lowest BCUT2D eigenvalue weighted by Crippen LogP contribution is -2.38. The predicted molar refractivity (Wildman–Crippen MR) is 110 cm³/mol. The smallest absolute Gasteiger partial charge is 0.338 e. The molecule has 1 saturated carbocycles. The zero-order chi connectivity index (χ0) is 21.7. The number of nitro groups is 1. The Hall–Kier alpha value is -2.78. The van der Waals surface area contributed by atoms with Crippen molar-refractivity contribution in [3.8, 4) is 0 Å². The number of nitrogens with zero attached hydrogens (tertiary/aromatic N) is 2. The lowest BCUT2D eigenvalue weighted by molar-refractivity contribution is -0.384. The van der Waals surface area contributed by atoms with Gasteiger partial charge in [0, 0.05) is 25.2 Å². The molecule has 0 N–H and O–H groups in total. The first kappa shape index (κ1) is 21.9. The minimum absolute atomic E-state index is 0.00934. The molecule has 2 aromatic rings. The molecule has 160 valence electrons. The van der Waals surface area contributed by atoms with Crippen molar-refractivity contribution in [2.24, 2.45) is 0 Å². The van der Waals surface area contributed by atoms with Gasteiger partial charge in [0.15, 0.2) is 0 Å². The molecule has 8 nitrogen and oxygen atoms in total. The van der Waals surface area contributed by atoms with Crippen molar-refractivity contribution >= 4 is 21.7 Å². The number of non-ortho nitro benzene ring substituents is 1. The van der Waals surface area contributed by atoms with E-state index in [2.05, 4.69) is 0 Å². The van der Waals surface area contributed by atoms with Gasteiger partial charge in [0.05, 0.1) is 15.4 Å². The maximum absolute atomic E-state index is 12.9. The van der Waals surface area contributed by atoms with E-state index < -0.39 is 20.9 Å². The van der Waals surface area contributed by atoms with Crippen LogP contribution >= 0.6 is 0 Å². The van der Waals surface area contributed by atoms with Crippen LogP contribution in [0.15, 0.2) is 53.4 Å². The van der Waals surface area contributed by atoms with Crippen LogP contribution in [0.5, 0.6) is 0 Å². The van der Waals surface area contributed by atoms with Crippen molar-refractivity contribution in [3.05, 3.63) is 69.8 Å². The molecule has 1 aliphatic carbocycles. The van der Waals surface area contributed by atoms with E-state index >= 15 is 0 Å². The Bertz CT molecular complexity index is 997. The van der Waals surface area contributed by atoms with E-state index in [0.29, 0.717) is 5.56 Å². The summed E-state index contributed by atoms with van der Waals surface area (Å²) in [6, 6.07) is 11.4. The van der Waals surface area contributed by atoms with E-state index in [1.54, 1.807) is 7.05 Å². The van der Waals surface area contributed by atoms with Crippen LogP contribution in [-0.2, 0) is 21.4 Å². The SMILES string of the molecule is CN(C1CCCCC1)S(=O)(=O)c1ccc(C(=O)OCc2ccc([N+](=O)[O-])cc2)cc1. The average Bonchev–Trinajstić information content (AvgIpc) is 2.77. The van der Waals surface area contributed by atoms with E-state index in [4.69, 9.17) is 4.74 Å². The van der Waals surface area contributed by atoms with Gasteiger partial charge in [-0.25, -0.2) is 13.2 Å². The van der Waals surface area contributed by atoms with Crippen LogP contribution in [0, 0.1) is 10.1 Å². The van der Waals surface area contributed by atoms with Crippen LogP contribution in [0.2, 0.25) is 0 Å². The van der Waals surface area contributed by atoms with Gasteiger partial charge < -0.3 is 4.74 Å². The minimum Gasteiger partial charge on any atom is -0.457 e. The fourth-order valence-electron chi connectivity index (χ4n) is 3.52. The van der Waals surface area contributed by atoms with Gasteiger partial charge in [-0.1, -0.05) is 19.3 Å². The second-order valence-electron chi connectivity index (χ2n) is 7.34. The molecule has 1 fully saturated rings. The van der Waals surface area contributed by atoms with Crippen LogP contribution < -0.4 is 0 Å². The minimum atomic E-state index is -3.62. The molecule has 0 bridgehead atoms. The lowest BCUT2D eigenvalue weighted by Gasteiger charge is -2.30. The molecular formula is C21H24N2O6S. The average molecular weight is 432 g/mol. The highest BCUT2D eigenvalue weighted by Crippen LogP contribution is 2.26. The lowest BCUT2D eigenvalue weighted by atomic mass is 9.96. The van der Waals surface area contributed by atoms with Crippen LogP contribution in [-0.4, -0.2) is 36.7 Å². The van der Waals surface area contributed by atoms with Crippen LogP contribution in [0.1, 0.15) is 48.0 Å². The van der Waals surface area contributed by atoms with Crippen molar-refractivity contribution in [3.63, 3.8) is 0 Å². The van der Waals surface area contributed by atoms with Gasteiger partial charge in [0.2, 0.25) is 10.0 Å². The summed E-state index contributed by atoms with van der Waals surface area (Å²) in [5, 5.41) is 10.7. The molecule has 9 heteroatoms. The highest BCUT2D eigenvalue weighted by Gasteiger charge is 2.29. The normalized spacial score (nSPS) is 15.1. The molecule has 1 aliphatic rings. The van der Waals surface area contributed by atoms with Crippen molar-refractivity contribution < 1.29 is 22.9 Å². The van der Waals surface area contributed by atoms with Crippen LogP contribution in [0.3, 0.4) is 0 Å². The molecular weight excluding hydrogens is 408 g/mol. The first-order valence-electron chi connectivity index (χ1n) is 9.77. The van der Waals surface area contributed by atoms with E-state index in [-0.39, 0.29) is 28.8 Å². The first-order chi connectivity index (χ1) is 14.3. The number of nitro benzene ring substituents is 1. The van der Waals surface area contributed by atoms with E-state index in [1.807, 2.05) is 0 Å². The molecule has 0 saturated heterocycles. The molecule has 0 aliphatic heterocycles.